The number of hydrogen-bond acceptors (Lipinski definition) is 0. The van der Waals surface area contributed by atoms with E-state index >= 15 is 0 Å². The molecule has 1 unspecified atom stereocenters. The van der Waals surface area contributed by atoms with E-state index in [9.17, 15) is 0 Å². The predicted molar refractivity (Wildman–Crippen MR) is 98.0 cm³/mol. The molecular formula is C21H23Cl3SiTi. The zero-order valence-electron chi connectivity index (χ0n) is 15.2. The third-order valence-corrected chi connectivity index (χ3v) is 11.6. The molecule has 0 N–H and O–H groups in total. The molecular weight excluding hydrogens is 435 g/mol. The average Bonchev–Trinajstić information content (AvgIpc) is 2.93. The summed E-state index contributed by atoms with van der Waals surface area (Å²) >= 11 is 2.40. The van der Waals surface area contributed by atoms with Crippen LogP contribution in [0.5, 0.6) is 0 Å². The van der Waals surface area contributed by atoms with Crippen molar-refractivity contribution >= 4 is 8.07 Å². The van der Waals surface area contributed by atoms with Crippen LogP contribution in [0.4, 0.5) is 0 Å². The summed E-state index contributed by atoms with van der Waals surface area (Å²) in [4.78, 5) is 0. The number of hydrogen-bond donors (Lipinski definition) is 0. The van der Waals surface area contributed by atoms with Crippen molar-refractivity contribution in [1.82, 2.24) is 0 Å². The summed E-state index contributed by atoms with van der Waals surface area (Å²) in [7, 11) is -1.30. The molecule has 2 aromatic carbocycles. The molecule has 26 heavy (non-hydrogen) atoms. The Morgan fingerprint density at radius 3 is 1.54 bits per heavy atom. The first-order valence-corrected chi connectivity index (χ1v) is 12.5. The molecule has 0 spiro atoms. The van der Waals surface area contributed by atoms with Gasteiger partial charge in [-0.15, -0.1) is 0 Å². The molecule has 0 radical (unpaired) electrons. The molecule has 1 atom stereocenters. The van der Waals surface area contributed by atoms with Gasteiger partial charge in [-0.05, 0) is 0 Å². The van der Waals surface area contributed by atoms with Gasteiger partial charge in [0.05, 0.1) is 0 Å². The van der Waals surface area contributed by atoms with Gasteiger partial charge in [-0.2, -0.15) is 0 Å². The summed E-state index contributed by atoms with van der Waals surface area (Å²) in [6.45, 7) is 7.37. The average molecular weight is 458 g/mol. The van der Waals surface area contributed by atoms with Gasteiger partial charge in [-0.1, -0.05) is 0 Å². The van der Waals surface area contributed by atoms with Gasteiger partial charge in [0, 0.05) is 0 Å². The largest absolute Gasteiger partial charge is 1.00 e. The minimum atomic E-state index is -1.30. The quantitative estimate of drug-likeness (QED) is 0.427. The molecule has 5 heteroatoms. The topological polar surface area (TPSA) is 0 Å². The summed E-state index contributed by atoms with van der Waals surface area (Å²) in [5.41, 5.74) is 4.18. The molecule has 0 saturated carbocycles. The van der Waals surface area contributed by atoms with Gasteiger partial charge in [-0.25, -0.2) is 0 Å². The van der Waals surface area contributed by atoms with E-state index < -0.39 is 8.07 Å². The summed E-state index contributed by atoms with van der Waals surface area (Å²) in [5, 5.41) is 0. The molecule has 0 bridgehead atoms. The molecule has 0 heterocycles. The van der Waals surface area contributed by atoms with Crippen molar-refractivity contribution in [2.75, 3.05) is 0 Å². The Morgan fingerprint density at radius 2 is 1.19 bits per heavy atom. The molecule has 0 saturated heterocycles. The van der Waals surface area contributed by atoms with Crippen LogP contribution in [0.1, 0.15) is 17.0 Å². The Kier molecular flexibility index (Phi) is 10.2. The van der Waals surface area contributed by atoms with E-state index in [0.29, 0.717) is 5.92 Å². The van der Waals surface area contributed by atoms with Gasteiger partial charge < -0.3 is 37.2 Å². The maximum absolute atomic E-state index is 2.53. The number of rotatable bonds is 4. The van der Waals surface area contributed by atoms with E-state index in [2.05, 4.69) is 119 Å². The molecule has 0 aliphatic heterocycles. The van der Waals surface area contributed by atoms with Crippen molar-refractivity contribution in [3.05, 3.63) is 95.6 Å². The molecule has 0 amide bonds. The molecule has 3 rings (SSSR count). The van der Waals surface area contributed by atoms with Crippen molar-refractivity contribution in [1.29, 1.82) is 0 Å². The van der Waals surface area contributed by atoms with Crippen LogP contribution in [0.3, 0.4) is 0 Å². The number of benzene rings is 2. The van der Waals surface area contributed by atoms with E-state index in [1.807, 2.05) is 0 Å². The first-order chi connectivity index (χ1) is 10.9. The number of halogens is 3. The first-order valence-electron chi connectivity index (χ1n) is 8.18. The fourth-order valence-electron chi connectivity index (χ4n) is 3.10. The van der Waals surface area contributed by atoms with Crippen LogP contribution in [0.15, 0.2) is 84.5 Å². The SMILES string of the molecule is C[Si](C)(C)[C]1([Ti+3])C=CC(C(c2ccccc2)c2ccccc2)=C1.[Cl-].[Cl-].[Cl-]. The first kappa shape index (κ1) is 25.7. The van der Waals surface area contributed by atoms with Gasteiger partial charge in [0.1, 0.15) is 0 Å². The fraction of sp³-hybridized carbons (Fsp3) is 0.238. The standard InChI is InChI=1S/C21H23Si.3ClH.Ti/c1-22(2,3)20-15-14-19(16-20)21(17-10-6-4-7-11-17)18-12-8-5-9-13-18;;;;/h4-16,21H,1-3H3;3*1H;/q;;;;+3/p-3. The van der Waals surface area contributed by atoms with Crippen LogP contribution in [0.25, 0.3) is 0 Å². The Labute approximate surface area is 189 Å². The van der Waals surface area contributed by atoms with Gasteiger partial charge in [0.25, 0.3) is 0 Å². The molecule has 136 valence electrons. The Morgan fingerprint density at radius 1 is 0.769 bits per heavy atom. The van der Waals surface area contributed by atoms with Crippen LogP contribution >= 0.6 is 0 Å². The Bertz CT molecular complexity index is 699. The maximum atomic E-state index is 2.53. The monoisotopic (exact) mass is 456 g/mol. The second kappa shape index (κ2) is 10.3. The predicted octanol–water partition coefficient (Wildman–Crippen LogP) is -3.09. The fourth-order valence-corrected chi connectivity index (χ4v) is 4.67. The summed E-state index contributed by atoms with van der Waals surface area (Å²) in [6.07, 6.45) is 7.33. The number of allylic oxidation sites excluding steroid dienone is 4. The molecule has 1 aliphatic rings. The van der Waals surface area contributed by atoms with Gasteiger partial charge in [0.2, 0.25) is 0 Å². The molecule has 0 aromatic heterocycles. The minimum Gasteiger partial charge on any atom is -1.00 e. The molecule has 1 aliphatic carbocycles. The van der Waals surface area contributed by atoms with Crippen LogP contribution < -0.4 is 37.2 Å². The van der Waals surface area contributed by atoms with E-state index in [0.717, 1.165) is 0 Å². The minimum absolute atomic E-state index is 0. The maximum Gasteiger partial charge on any atom is -1.00 e. The smallest absolute Gasteiger partial charge is 1.00 e. The Balaban J connectivity index is 0.00000208. The van der Waals surface area contributed by atoms with Crippen LogP contribution in [0, 0.1) is 0 Å². The normalized spacial score (nSPS) is 18.5. The van der Waals surface area contributed by atoms with Crippen molar-refractivity contribution in [3.8, 4) is 0 Å². The second-order valence-electron chi connectivity index (χ2n) is 7.35. The van der Waals surface area contributed by atoms with Crippen LogP contribution in [-0.2, 0) is 20.4 Å². The molecule has 2 aromatic rings. The third kappa shape index (κ3) is 5.38. The van der Waals surface area contributed by atoms with Crippen LogP contribution in [0.2, 0.25) is 23.0 Å². The molecule has 0 fully saturated rings. The zero-order valence-corrected chi connectivity index (χ0v) is 20.0. The van der Waals surface area contributed by atoms with Gasteiger partial charge in [0.15, 0.2) is 0 Å². The third-order valence-electron chi connectivity index (χ3n) is 4.77. The van der Waals surface area contributed by atoms with E-state index in [1.165, 1.54) is 16.7 Å². The van der Waals surface area contributed by atoms with Crippen LogP contribution in [-0.4, -0.2) is 8.07 Å². The second-order valence-corrected chi connectivity index (χ2v) is 14.8. The van der Waals surface area contributed by atoms with Crippen molar-refractivity contribution < 1.29 is 57.7 Å². The van der Waals surface area contributed by atoms with E-state index in [1.54, 1.807) is 0 Å². The van der Waals surface area contributed by atoms with Crippen molar-refractivity contribution in [2.45, 2.75) is 28.9 Å². The summed E-state index contributed by atoms with van der Waals surface area (Å²) < 4.78 is 0.240. The molecule has 0 nitrogen and oxygen atoms in total. The van der Waals surface area contributed by atoms with E-state index in [4.69, 9.17) is 0 Å². The summed E-state index contributed by atoms with van der Waals surface area (Å²) in [5.74, 6) is 0.326. The van der Waals surface area contributed by atoms with Gasteiger partial charge >= 0.3 is 153 Å². The van der Waals surface area contributed by atoms with Crippen molar-refractivity contribution in [3.63, 3.8) is 0 Å². The zero-order chi connectivity index (χ0) is 16.5. The van der Waals surface area contributed by atoms with Crippen molar-refractivity contribution in [2.24, 2.45) is 0 Å². The van der Waals surface area contributed by atoms with Gasteiger partial charge in [-0.3, -0.25) is 0 Å². The summed E-state index contributed by atoms with van der Waals surface area (Å²) in [6, 6.07) is 21.7. The Hall–Kier alpha value is -0.279. The van der Waals surface area contributed by atoms with E-state index in [-0.39, 0.29) is 40.6 Å².